The third-order valence-corrected chi connectivity index (χ3v) is 4.43. The van der Waals surface area contributed by atoms with E-state index in [1.54, 1.807) is 26.0 Å². The van der Waals surface area contributed by atoms with Gasteiger partial charge in [-0.2, -0.15) is 18.2 Å². The number of nitrogens with zero attached hydrogens (tertiary/aromatic N) is 2. The van der Waals surface area contributed by atoms with Crippen LogP contribution in [0.4, 0.5) is 19.0 Å². The van der Waals surface area contributed by atoms with Gasteiger partial charge >= 0.3 is 6.18 Å². The Hall–Kier alpha value is -2.90. The molecule has 0 radical (unpaired) electrons. The lowest BCUT2D eigenvalue weighted by molar-refractivity contribution is -0.139. The maximum absolute atomic E-state index is 12.9. The predicted octanol–water partition coefficient (Wildman–Crippen LogP) is 3.74. The number of nitrogens with one attached hydrogen (secondary N) is 1. The Morgan fingerprint density at radius 3 is 2.23 bits per heavy atom. The van der Waals surface area contributed by atoms with E-state index in [0.29, 0.717) is 5.69 Å². The molecule has 2 aromatic rings. The van der Waals surface area contributed by atoms with Crippen molar-refractivity contribution in [3.8, 4) is 11.3 Å². The Morgan fingerprint density at radius 1 is 1.00 bits per heavy atom. The number of carbonyl (C=O) groups is 2. The average Bonchev–Trinajstić information content (AvgIpc) is 2.79. The molecule has 1 fully saturated rings. The van der Waals surface area contributed by atoms with Crippen molar-refractivity contribution < 1.29 is 22.8 Å². The zero-order valence-electron chi connectivity index (χ0n) is 14.0. The average molecular weight is 363 g/mol. The van der Waals surface area contributed by atoms with Crippen molar-refractivity contribution in [2.45, 2.75) is 20.0 Å². The second kappa shape index (κ2) is 6.44. The van der Waals surface area contributed by atoms with Crippen LogP contribution in [-0.2, 0) is 15.8 Å². The molecular weight excluding hydrogens is 347 g/mol. The molecule has 2 heterocycles. The zero-order valence-corrected chi connectivity index (χ0v) is 14.0. The molecule has 3 rings (SSSR count). The maximum atomic E-state index is 12.9. The summed E-state index contributed by atoms with van der Waals surface area (Å²) in [5, 5.41) is 0.910. The molecule has 0 bridgehead atoms. The number of halogens is 3. The molecule has 2 amide bonds. The van der Waals surface area contributed by atoms with Crippen molar-refractivity contribution in [3.05, 3.63) is 48.0 Å². The first kappa shape index (κ1) is 17.9. The van der Waals surface area contributed by atoms with E-state index in [9.17, 15) is 22.8 Å². The number of alkyl halides is 3. The Morgan fingerprint density at radius 2 is 1.62 bits per heavy atom. The van der Waals surface area contributed by atoms with Gasteiger partial charge in [-0.25, -0.2) is 4.98 Å². The number of imide groups is 1. The highest BCUT2D eigenvalue weighted by Crippen LogP contribution is 2.32. The van der Waals surface area contributed by atoms with Crippen LogP contribution in [-0.4, -0.2) is 21.8 Å². The molecule has 136 valence electrons. The lowest BCUT2D eigenvalue weighted by atomic mass is 10.00. The molecular formula is C18H16F3N3O2. The van der Waals surface area contributed by atoms with Gasteiger partial charge in [0.25, 0.3) is 11.8 Å². The number of hydrogen-bond donors (Lipinski definition) is 1. The van der Waals surface area contributed by atoms with Gasteiger partial charge in [0, 0.05) is 17.4 Å². The number of rotatable bonds is 3. The third-order valence-electron chi connectivity index (χ3n) is 4.43. The summed E-state index contributed by atoms with van der Waals surface area (Å²) in [6, 6.07) is 9.47. The fourth-order valence-corrected chi connectivity index (χ4v) is 2.68. The Balaban J connectivity index is 1.88. The molecule has 0 spiro atoms. The van der Waals surface area contributed by atoms with Gasteiger partial charge in [0.2, 0.25) is 0 Å². The van der Waals surface area contributed by atoms with Crippen LogP contribution in [0.15, 0.2) is 42.5 Å². The van der Waals surface area contributed by atoms with Gasteiger partial charge in [0.05, 0.1) is 11.3 Å². The van der Waals surface area contributed by atoms with E-state index in [1.807, 2.05) is 0 Å². The van der Waals surface area contributed by atoms with Crippen LogP contribution >= 0.6 is 0 Å². The summed E-state index contributed by atoms with van der Waals surface area (Å²) < 4.78 is 38.6. The highest BCUT2D eigenvalue weighted by atomic mass is 19.4. The summed E-state index contributed by atoms with van der Waals surface area (Å²) in [7, 11) is 0. The molecule has 1 aromatic heterocycles. The topological polar surface area (TPSA) is 62.3 Å². The molecule has 5 nitrogen and oxygen atoms in total. The number of anilines is 1. The minimum Gasteiger partial charge on any atom is -0.272 e. The van der Waals surface area contributed by atoms with E-state index in [1.165, 1.54) is 18.2 Å². The summed E-state index contributed by atoms with van der Waals surface area (Å²) in [4.78, 5) is 28.5. The van der Waals surface area contributed by atoms with E-state index >= 15 is 0 Å². The number of hydrogen-bond acceptors (Lipinski definition) is 4. The van der Waals surface area contributed by atoms with Crippen LogP contribution in [0.2, 0.25) is 0 Å². The summed E-state index contributed by atoms with van der Waals surface area (Å²) >= 11 is 0. The predicted molar refractivity (Wildman–Crippen MR) is 88.5 cm³/mol. The van der Waals surface area contributed by atoms with Gasteiger partial charge in [-0.3, -0.25) is 15.0 Å². The monoisotopic (exact) mass is 363 g/mol. The number of carbonyl (C=O) groups excluding carboxylic acids is 2. The van der Waals surface area contributed by atoms with Gasteiger partial charge in [-0.15, -0.1) is 0 Å². The van der Waals surface area contributed by atoms with Gasteiger partial charge < -0.3 is 0 Å². The number of amides is 2. The smallest absolute Gasteiger partial charge is 0.272 e. The van der Waals surface area contributed by atoms with E-state index in [2.05, 4.69) is 10.4 Å². The summed E-state index contributed by atoms with van der Waals surface area (Å²) in [5.41, 5.74) is 2.46. The summed E-state index contributed by atoms with van der Waals surface area (Å²) in [6.07, 6.45) is -4.45. The summed E-state index contributed by atoms with van der Waals surface area (Å²) in [6.45, 7) is 3.33. The Labute approximate surface area is 147 Å². The van der Waals surface area contributed by atoms with Crippen LogP contribution in [0.25, 0.3) is 11.3 Å². The quantitative estimate of drug-likeness (QED) is 0.844. The lowest BCUT2D eigenvalue weighted by Gasteiger charge is -2.17. The van der Waals surface area contributed by atoms with Crippen LogP contribution in [0.1, 0.15) is 19.4 Å². The van der Waals surface area contributed by atoms with E-state index in [0.717, 1.165) is 17.1 Å². The van der Waals surface area contributed by atoms with Gasteiger partial charge in [0.1, 0.15) is 5.82 Å². The normalized spacial score (nSPS) is 20.6. The van der Waals surface area contributed by atoms with Crippen molar-refractivity contribution >= 4 is 17.6 Å². The Kier molecular flexibility index (Phi) is 4.43. The number of benzene rings is 1. The number of pyridine rings is 1. The first-order chi connectivity index (χ1) is 12.2. The summed E-state index contributed by atoms with van der Waals surface area (Å²) in [5.74, 6) is -1.42. The molecule has 1 N–H and O–H groups in total. The lowest BCUT2D eigenvalue weighted by Crippen LogP contribution is -2.36. The first-order valence-corrected chi connectivity index (χ1v) is 7.97. The molecule has 2 unspecified atom stereocenters. The molecule has 1 aromatic carbocycles. The minimum atomic E-state index is -4.45. The highest BCUT2D eigenvalue weighted by molar-refractivity contribution is 6.05. The molecule has 1 aliphatic rings. The Bertz CT molecular complexity index is 847. The van der Waals surface area contributed by atoms with E-state index in [-0.39, 0.29) is 23.2 Å². The van der Waals surface area contributed by atoms with Gasteiger partial charge in [-0.1, -0.05) is 32.0 Å². The maximum Gasteiger partial charge on any atom is 0.416 e. The highest BCUT2D eigenvalue weighted by Gasteiger charge is 2.42. The largest absolute Gasteiger partial charge is 0.416 e. The second-order valence-corrected chi connectivity index (χ2v) is 6.19. The van der Waals surface area contributed by atoms with Gasteiger partial charge in [0.15, 0.2) is 0 Å². The first-order valence-electron chi connectivity index (χ1n) is 7.97. The molecule has 26 heavy (non-hydrogen) atoms. The molecule has 1 saturated heterocycles. The van der Waals surface area contributed by atoms with Crippen molar-refractivity contribution in [2.75, 3.05) is 5.43 Å². The van der Waals surface area contributed by atoms with E-state index < -0.39 is 23.6 Å². The number of aromatic nitrogens is 1. The molecule has 0 aliphatic carbocycles. The third kappa shape index (κ3) is 3.26. The molecule has 2 atom stereocenters. The SMILES string of the molecule is CC1C(=O)N(Nc2cccc(-c3cccc(C(F)(F)F)c3)n2)C(=O)C1C. The molecule has 0 saturated carbocycles. The standard InChI is InChI=1S/C18H16F3N3O2/c1-10-11(2)17(26)24(16(10)25)23-15-8-4-7-14(22-15)12-5-3-6-13(9-12)18(19,20)21/h3-11H,1-2H3,(H,22,23). The van der Waals surface area contributed by atoms with E-state index in [4.69, 9.17) is 0 Å². The second-order valence-electron chi connectivity index (χ2n) is 6.19. The van der Waals surface area contributed by atoms with Gasteiger partial charge in [-0.05, 0) is 24.3 Å². The number of hydrazine groups is 1. The van der Waals surface area contributed by atoms with Crippen molar-refractivity contribution in [2.24, 2.45) is 11.8 Å². The molecule has 1 aliphatic heterocycles. The van der Waals surface area contributed by atoms with Crippen molar-refractivity contribution in [3.63, 3.8) is 0 Å². The molecule has 8 heteroatoms. The fraction of sp³-hybridized carbons (Fsp3) is 0.278. The van der Waals surface area contributed by atoms with Crippen LogP contribution in [0, 0.1) is 11.8 Å². The minimum absolute atomic E-state index is 0.197. The van der Waals surface area contributed by atoms with Crippen LogP contribution in [0.5, 0.6) is 0 Å². The van der Waals surface area contributed by atoms with Crippen molar-refractivity contribution in [1.82, 2.24) is 9.99 Å². The van der Waals surface area contributed by atoms with Crippen LogP contribution < -0.4 is 5.43 Å². The van der Waals surface area contributed by atoms with Crippen molar-refractivity contribution in [1.29, 1.82) is 0 Å². The van der Waals surface area contributed by atoms with Crippen LogP contribution in [0.3, 0.4) is 0 Å². The zero-order chi connectivity index (χ0) is 19.1. The fourth-order valence-electron chi connectivity index (χ4n) is 2.68.